The Morgan fingerprint density at radius 3 is 2.56 bits per heavy atom. The first kappa shape index (κ1) is 13.8. The number of aliphatic hydroxyl groups excluding tert-OH is 2. The summed E-state index contributed by atoms with van der Waals surface area (Å²) in [6, 6.07) is 0. The maximum Gasteiger partial charge on any atom is 0.159 e. The van der Waals surface area contributed by atoms with Gasteiger partial charge in [0.1, 0.15) is 0 Å². The summed E-state index contributed by atoms with van der Waals surface area (Å²) in [4.78, 5) is 12.4. The third kappa shape index (κ3) is 1.68. The second-order valence-corrected chi connectivity index (χ2v) is 6.84. The molecule has 2 aliphatic carbocycles. The van der Waals surface area contributed by atoms with Crippen molar-refractivity contribution in [3.63, 3.8) is 0 Å². The minimum atomic E-state index is -0.439. The Morgan fingerprint density at radius 1 is 1.39 bits per heavy atom. The Morgan fingerprint density at radius 2 is 2.00 bits per heavy atom. The Balaban J connectivity index is 2.53. The van der Waals surface area contributed by atoms with Crippen LogP contribution in [0.5, 0.6) is 0 Å². The summed E-state index contributed by atoms with van der Waals surface area (Å²) in [6.07, 6.45) is 2.74. The number of carbonyl (C=O) groups is 1. The molecule has 0 aliphatic heterocycles. The minimum absolute atomic E-state index is 0.0342. The van der Waals surface area contributed by atoms with E-state index >= 15 is 0 Å². The lowest BCUT2D eigenvalue weighted by atomic mass is 9.47. The maximum absolute atomic E-state index is 12.4. The molecule has 0 radical (unpaired) electrons. The first-order valence-electron chi connectivity index (χ1n) is 6.76. The number of rotatable bonds is 1. The highest BCUT2D eigenvalue weighted by molar-refractivity contribution is 5.95. The lowest BCUT2D eigenvalue weighted by Crippen LogP contribution is -2.57. The highest BCUT2D eigenvalue weighted by Gasteiger charge is 2.58. The number of aliphatic hydroxyl groups is 2. The van der Waals surface area contributed by atoms with Gasteiger partial charge in [0.25, 0.3) is 0 Å². The minimum Gasteiger partial charge on any atom is -0.396 e. The van der Waals surface area contributed by atoms with Crippen molar-refractivity contribution in [3.8, 4) is 0 Å². The third-order valence-corrected chi connectivity index (χ3v) is 5.40. The van der Waals surface area contributed by atoms with E-state index in [1.807, 2.05) is 20.8 Å². The quantitative estimate of drug-likeness (QED) is 0.749. The summed E-state index contributed by atoms with van der Waals surface area (Å²) in [6.45, 7) is 8.05. The van der Waals surface area contributed by atoms with Gasteiger partial charge in [0.15, 0.2) is 5.78 Å². The molecule has 102 valence electrons. The SMILES string of the molecule is CC1=CC(=O)[C@H]2C(C)(C)[C@@H](O)CC[C@]2(C)[C@@H]1CO. The van der Waals surface area contributed by atoms with Gasteiger partial charge in [-0.15, -0.1) is 0 Å². The second-order valence-electron chi connectivity index (χ2n) is 6.84. The van der Waals surface area contributed by atoms with Crippen molar-refractivity contribution in [2.24, 2.45) is 22.7 Å². The molecule has 0 spiro atoms. The first-order chi connectivity index (χ1) is 8.25. The van der Waals surface area contributed by atoms with Crippen molar-refractivity contribution in [2.45, 2.75) is 46.6 Å². The summed E-state index contributed by atoms with van der Waals surface area (Å²) in [5, 5.41) is 19.9. The van der Waals surface area contributed by atoms with Crippen LogP contribution in [0, 0.1) is 22.7 Å². The standard InChI is InChI=1S/C15H24O3/c1-9-7-11(17)13-14(2,3)12(18)5-6-15(13,4)10(9)8-16/h7,10,12-13,16,18H,5-6,8H2,1-4H3/t10-,12+,13+,15-/m1/s1. The molecule has 2 rings (SSSR count). The van der Waals surface area contributed by atoms with Gasteiger partial charge < -0.3 is 10.2 Å². The van der Waals surface area contributed by atoms with Gasteiger partial charge in [-0.1, -0.05) is 26.3 Å². The van der Waals surface area contributed by atoms with Crippen molar-refractivity contribution < 1.29 is 15.0 Å². The van der Waals surface area contributed by atoms with Gasteiger partial charge in [-0.2, -0.15) is 0 Å². The van der Waals surface area contributed by atoms with Crippen LogP contribution in [0.3, 0.4) is 0 Å². The van der Waals surface area contributed by atoms with E-state index in [1.54, 1.807) is 6.08 Å². The van der Waals surface area contributed by atoms with E-state index in [0.717, 1.165) is 12.0 Å². The highest BCUT2D eigenvalue weighted by Crippen LogP contribution is 2.58. The number of hydrogen-bond donors (Lipinski definition) is 2. The molecule has 0 aromatic rings. The lowest BCUT2D eigenvalue weighted by Gasteiger charge is -2.56. The first-order valence-corrected chi connectivity index (χ1v) is 6.76. The molecule has 2 aliphatic rings. The zero-order chi connectivity index (χ0) is 13.7. The third-order valence-electron chi connectivity index (χ3n) is 5.40. The molecule has 2 N–H and O–H groups in total. The molecule has 0 aromatic carbocycles. The zero-order valence-electron chi connectivity index (χ0n) is 11.7. The van der Waals surface area contributed by atoms with E-state index in [1.165, 1.54) is 0 Å². The van der Waals surface area contributed by atoms with Gasteiger partial charge in [0.2, 0.25) is 0 Å². The van der Waals surface area contributed by atoms with Crippen LogP contribution in [-0.4, -0.2) is 28.7 Å². The molecule has 0 bridgehead atoms. The lowest BCUT2D eigenvalue weighted by molar-refractivity contribution is -0.153. The molecule has 3 heteroatoms. The molecular weight excluding hydrogens is 228 g/mol. The summed E-state index contributed by atoms with van der Waals surface area (Å²) >= 11 is 0. The number of hydrogen-bond acceptors (Lipinski definition) is 3. The van der Waals surface area contributed by atoms with Gasteiger partial charge in [-0.3, -0.25) is 4.79 Å². The van der Waals surface area contributed by atoms with Crippen molar-refractivity contribution >= 4 is 5.78 Å². The van der Waals surface area contributed by atoms with Gasteiger partial charge in [0.05, 0.1) is 12.7 Å². The van der Waals surface area contributed by atoms with Crippen molar-refractivity contribution in [2.75, 3.05) is 6.61 Å². The van der Waals surface area contributed by atoms with Crippen LogP contribution in [-0.2, 0) is 4.79 Å². The summed E-state index contributed by atoms with van der Waals surface area (Å²) in [5.41, 5.74) is 0.329. The van der Waals surface area contributed by atoms with Crippen LogP contribution < -0.4 is 0 Å². The average Bonchev–Trinajstić information content (AvgIpc) is 2.23. The zero-order valence-corrected chi connectivity index (χ0v) is 11.7. The Kier molecular flexibility index (Phi) is 3.19. The molecule has 0 saturated heterocycles. The molecule has 3 nitrogen and oxygen atoms in total. The molecule has 0 amide bonds. The number of ketones is 1. The summed E-state index contributed by atoms with van der Waals surface area (Å²) in [7, 11) is 0. The van der Waals surface area contributed by atoms with E-state index in [4.69, 9.17) is 0 Å². The van der Waals surface area contributed by atoms with Crippen molar-refractivity contribution in [1.29, 1.82) is 0 Å². The molecule has 0 heterocycles. The fraction of sp³-hybridized carbons (Fsp3) is 0.800. The Hall–Kier alpha value is -0.670. The van der Waals surface area contributed by atoms with Gasteiger partial charge in [-0.05, 0) is 31.3 Å². The normalized spacial score (nSPS) is 43.3. The molecular formula is C15H24O3. The van der Waals surface area contributed by atoms with Gasteiger partial charge in [-0.25, -0.2) is 0 Å². The topological polar surface area (TPSA) is 57.5 Å². The molecule has 1 saturated carbocycles. The average molecular weight is 252 g/mol. The van der Waals surface area contributed by atoms with E-state index in [0.29, 0.717) is 6.42 Å². The van der Waals surface area contributed by atoms with Crippen LogP contribution in [0.15, 0.2) is 11.6 Å². The number of fused-ring (bicyclic) bond motifs is 1. The molecule has 18 heavy (non-hydrogen) atoms. The Bertz CT molecular complexity index is 397. The second kappa shape index (κ2) is 4.17. The van der Waals surface area contributed by atoms with Crippen LogP contribution in [0.1, 0.15) is 40.5 Å². The smallest absolute Gasteiger partial charge is 0.159 e. The molecule has 0 unspecified atom stereocenters. The number of carbonyl (C=O) groups excluding carboxylic acids is 1. The van der Waals surface area contributed by atoms with Gasteiger partial charge >= 0.3 is 0 Å². The maximum atomic E-state index is 12.4. The monoisotopic (exact) mass is 252 g/mol. The van der Waals surface area contributed by atoms with Crippen LogP contribution in [0.2, 0.25) is 0 Å². The summed E-state index contributed by atoms with van der Waals surface area (Å²) < 4.78 is 0. The van der Waals surface area contributed by atoms with E-state index < -0.39 is 11.5 Å². The predicted molar refractivity (Wildman–Crippen MR) is 70.0 cm³/mol. The van der Waals surface area contributed by atoms with Crippen molar-refractivity contribution in [3.05, 3.63) is 11.6 Å². The van der Waals surface area contributed by atoms with Crippen molar-refractivity contribution in [1.82, 2.24) is 0 Å². The van der Waals surface area contributed by atoms with E-state index in [-0.39, 0.29) is 29.6 Å². The Labute approximate surface area is 109 Å². The van der Waals surface area contributed by atoms with Crippen LogP contribution >= 0.6 is 0 Å². The molecule has 4 atom stereocenters. The highest BCUT2D eigenvalue weighted by atomic mass is 16.3. The van der Waals surface area contributed by atoms with Crippen LogP contribution in [0.25, 0.3) is 0 Å². The van der Waals surface area contributed by atoms with E-state index in [2.05, 4.69) is 6.92 Å². The molecule has 1 fully saturated rings. The molecule has 0 aromatic heterocycles. The van der Waals surface area contributed by atoms with E-state index in [9.17, 15) is 15.0 Å². The number of allylic oxidation sites excluding steroid dienone is 1. The van der Waals surface area contributed by atoms with Crippen LogP contribution in [0.4, 0.5) is 0 Å². The fourth-order valence-corrected chi connectivity index (χ4v) is 4.35. The summed E-state index contributed by atoms with van der Waals surface area (Å²) in [5.74, 6) is -0.0509. The predicted octanol–water partition coefficient (Wildman–Crippen LogP) is 1.93. The van der Waals surface area contributed by atoms with Gasteiger partial charge in [0, 0.05) is 17.3 Å². The fourth-order valence-electron chi connectivity index (χ4n) is 4.35. The largest absolute Gasteiger partial charge is 0.396 e.